The molecule has 0 saturated carbocycles. The van der Waals surface area contributed by atoms with Crippen molar-refractivity contribution in [1.82, 2.24) is 25.9 Å². The fourth-order valence-corrected chi connectivity index (χ4v) is 5.69. The molecule has 0 bridgehead atoms. The molecule has 1 saturated heterocycles. The summed E-state index contributed by atoms with van der Waals surface area (Å²) >= 11 is 11.1. The van der Waals surface area contributed by atoms with Gasteiger partial charge < -0.3 is 20.9 Å². The number of halogens is 2. The summed E-state index contributed by atoms with van der Waals surface area (Å²) < 4.78 is 1.66. The number of hydrogen-bond donors (Lipinski definition) is 4. The highest BCUT2D eigenvalue weighted by Crippen LogP contribution is 2.34. The first-order valence-corrected chi connectivity index (χ1v) is 12.0. The minimum absolute atomic E-state index is 0.146. The Morgan fingerprint density at radius 1 is 1.42 bits per heavy atom. The molecule has 4 N–H and O–H groups in total. The SMILES string of the molecule is C[C@H](NC(=O)C1C[C@H](Cc2cc(Br)c(Cl)s2)CN1)C(=O)NCc1cc2cnccc2[nH]1. The molecular weight excluding hydrogens is 502 g/mol. The van der Waals surface area contributed by atoms with Gasteiger partial charge in [-0.1, -0.05) is 11.6 Å². The molecule has 7 nitrogen and oxygen atoms in total. The van der Waals surface area contributed by atoms with Crippen molar-refractivity contribution in [2.45, 2.75) is 38.4 Å². The number of hydrogen-bond acceptors (Lipinski definition) is 5. The Bertz CT molecular complexity index is 1050. The van der Waals surface area contributed by atoms with E-state index >= 15 is 0 Å². The number of nitrogens with one attached hydrogen (secondary N) is 4. The fourth-order valence-electron chi connectivity index (χ4n) is 3.78. The first-order valence-electron chi connectivity index (χ1n) is 10.1. The zero-order valence-electron chi connectivity index (χ0n) is 16.9. The highest BCUT2D eigenvalue weighted by molar-refractivity contribution is 9.10. The Balaban J connectivity index is 1.23. The standard InChI is InChI=1S/C21H23BrClN5O2S/c1-11(20(29)26-10-14-6-13-9-24-3-2-17(13)28-14)27-21(30)18-5-12(8-25-18)4-15-7-16(22)19(23)31-15/h2-3,6-7,9,11-12,18,25,28H,4-5,8,10H2,1H3,(H,26,29)(H,27,30)/t11-,12-,18?/m0/s1. The molecule has 10 heteroatoms. The van der Waals surface area contributed by atoms with Crippen LogP contribution in [-0.2, 0) is 22.6 Å². The van der Waals surface area contributed by atoms with Crippen LogP contribution in [-0.4, -0.2) is 40.4 Å². The summed E-state index contributed by atoms with van der Waals surface area (Å²) in [7, 11) is 0. The Hall–Kier alpha value is -1.94. The van der Waals surface area contributed by atoms with E-state index in [4.69, 9.17) is 11.6 Å². The number of rotatable bonds is 7. The van der Waals surface area contributed by atoms with E-state index in [1.165, 1.54) is 4.88 Å². The highest BCUT2D eigenvalue weighted by Gasteiger charge is 2.31. The van der Waals surface area contributed by atoms with Crippen LogP contribution in [0.25, 0.3) is 10.9 Å². The number of nitrogens with zero attached hydrogens (tertiary/aromatic N) is 1. The Kier molecular flexibility index (Phi) is 6.95. The molecule has 1 aliphatic rings. The summed E-state index contributed by atoms with van der Waals surface area (Å²) in [5, 5.41) is 9.95. The van der Waals surface area contributed by atoms with E-state index in [0.717, 1.165) is 44.8 Å². The second-order valence-electron chi connectivity index (χ2n) is 7.81. The van der Waals surface area contributed by atoms with Crippen molar-refractivity contribution in [3.63, 3.8) is 0 Å². The van der Waals surface area contributed by atoms with Gasteiger partial charge in [-0.2, -0.15) is 0 Å². The lowest BCUT2D eigenvalue weighted by Gasteiger charge is -2.17. The van der Waals surface area contributed by atoms with E-state index < -0.39 is 6.04 Å². The molecule has 0 aromatic carbocycles. The first-order chi connectivity index (χ1) is 14.9. The summed E-state index contributed by atoms with van der Waals surface area (Å²) in [5.74, 6) is -0.0111. The van der Waals surface area contributed by atoms with Crippen molar-refractivity contribution < 1.29 is 9.59 Å². The van der Waals surface area contributed by atoms with Crippen LogP contribution in [0.15, 0.2) is 35.1 Å². The van der Waals surface area contributed by atoms with E-state index in [9.17, 15) is 9.59 Å². The smallest absolute Gasteiger partial charge is 0.242 e. The number of fused-ring (bicyclic) bond motifs is 1. The lowest BCUT2D eigenvalue weighted by atomic mass is 10.0. The van der Waals surface area contributed by atoms with Crippen LogP contribution in [0.4, 0.5) is 0 Å². The van der Waals surface area contributed by atoms with Gasteiger partial charge in [0.2, 0.25) is 11.8 Å². The maximum Gasteiger partial charge on any atom is 0.242 e. The second kappa shape index (κ2) is 9.68. The number of pyridine rings is 1. The predicted octanol–water partition coefficient (Wildman–Crippen LogP) is 3.38. The van der Waals surface area contributed by atoms with Crippen LogP contribution in [0.3, 0.4) is 0 Å². The summed E-state index contributed by atoms with van der Waals surface area (Å²) in [5.41, 5.74) is 1.86. The van der Waals surface area contributed by atoms with Crippen molar-refractivity contribution in [3.05, 3.63) is 50.0 Å². The Labute approximate surface area is 197 Å². The average Bonchev–Trinajstić information content (AvgIpc) is 3.45. The monoisotopic (exact) mass is 523 g/mol. The molecular formula is C21H23BrClN5O2S. The van der Waals surface area contributed by atoms with Crippen molar-refractivity contribution in [3.8, 4) is 0 Å². The van der Waals surface area contributed by atoms with Crippen LogP contribution >= 0.6 is 38.9 Å². The summed E-state index contributed by atoms with van der Waals surface area (Å²) in [6, 6.07) is 4.97. The van der Waals surface area contributed by atoms with Gasteiger partial charge in [-0.15, -0.1) is 11.3 Å². The van der Waals surface area contributed by atoms with Gasteiger partial charge in [-0.25, -0.2) is 0 Å². The molecule has 1 unspecified atom stereocenters. The van der Waals surface area contributed by atoms with Gasteiger partial charge in [0.15, 0.2) is 0 Å². The zero-order chi connectivity index (χ0) is 22.0. The first kappa shape index (κ1) is 22.3. The van der Waals surface area contributed by atoms with Gasteiger partial charge >= 0.3 is 0 Å². The molecule has 0 aliphatic carbocycles. The molecule has 1 aliphatic heterocycles. The lowest BCUT2D eigenvalue weighted by molar-refractivity contribution is -0.129. The van der Waals surface area contributed by atoms with Crippen LogP contribution in [0.2, 0.25) is 4.34 Å². The predicted molar refractivity (Wildman–Crippen MR) is 126 cm³/mol. The van der Waals surface area contributed by atoms with Gasteiger partial charge in [0.1, 0.15) is 10.4 Å². The third-order valence-corrected chi connectivity index (χ3v) is 7.90. The van der Waals surface area contributed by atoms with Crippen LogP contribution in [0, 0.1) is 5.92 Å². The van der Waals surface area contributed by atoms with Crippen LogP contribution in [0.5, 0.6) is 0 Å². The molecule has 0 radical (unpaired) electrons. The van der Waals surface area contributed by atoms with Crippen LogP contribution < -0.4 is 16.0 Å². The van der Waals surface area contributed by atoms with E-state index in [2.05, 4.69) is 41.8 Å². The topological polar surface area (TPSA) is 98.9 Å². The van der Waals surface area contributed by atoms with Gasteiger partial charge in [0.05, 0.1) is 12.6 Å². The third kappa shape index (κ3) is 5.46. The molecule has 3 atom stereocenters. The molecule has 2 amide bonds. The van der Waals surface area contributed by atoms with Gasteiger partial charge in [-0.3, -0.25) is 14.6 Å². The van der Waals surface area contributed by atoms with Crippen molar-refractivity contribution >= 4 is 61.6 Å². The molecule has 164 valence electrons. The minimum Gasteiger partial charge on any atom is -0.357 e. The number of carbonyl (C=O) groups excluding carboxylic acids is 2. The van der Waals surface area contributed by atoms with E-state index in [-0.39, 0.29) is 17.9 Å². The largest absolute Gasteiger partial charge is 0.357 e. The molecule has 3 aromatic heterocycles. The quantitative estimate of drug-likeness (QED) is 0.381. The lowest BCUT2D eigenvalue weighted by Crippen LogP contribution is -2.49. The average molecular weight is 525 g/mol. The number of thiophene rings is 1. The summed E-state index contributed by atoms with van der Waals surface area (Å²) in [6.07, 6.45) is 5.10. The number of H-pyrrole nitrogens is 1. The summed E-state index contributed by atoms with van der Waals surface area (Å²) in [6.45, 7) is 2.82. The van der Waals surface area contributed by atoms with Crippen LogP contribution in [0.1, 0.15) is 23.9 Å². The highest BCUT2D eigenvalue weighted by atomic mass is 79.9. The normalized spacial score (nSPS) is 19.5. The Morgan fingerprint density at radius 2 is 2.26 bits per heavy atom. The number of aromatic nitrogens is 2. The molecule has 4 rings (SSSR count). The molecule has 4 heterocycles. The van der Waals surface area contributed by atoms with E-state index in [1.54, 1.807) is 30.7 Å². The maximum atomic E-state index is 12.6. The number of aromatic amines is 1. The van der Waals surface area contributed by atoms with E-state index in [0.29, 0.717) is 12.5 Å². The van der Waals surface area contributed by atoms with Crippen molar-refractivity contribution in [1.29, 1.82) is 0 Å². The zero-order valence-corrected chi connectivity index (χ0v) is 20.0. The molecule has 3 aromatic rings. The minimum atomic E-state index is -0.619. The van der Waals surface area contributed by atoms with Gasteiger partial charge in [0.25, 0.3) is 0 Å². The van der Waals surface area contributed by atoms with Crippen molar-refractivity contribution in [2.75, 3.05) is 6.54 Å². The second-order valence-corrected chi connectivity index (χ2v) is 10.4. The van der Waals surface area contributed by atoms with E-state index in [1.807, 2.05) is 18.2 Å². The van der Waals surface area contributed by atoms with Gasteiger partial charge in [0, 0.05) is 38.3 Å². The third-order valence-electron chi connectivity index (χ3n) is 5.41. The Morgan fingerprint density at radius 3 is 3.00 bits per heavy atom. The molecule has 31 heavy (non-hydrogen) atoms. The van der Waals surface area contributed by atoms with Crippen molar-refractivity contribution in [2.24, 2.45) is 5.92 Å². The fraction of sp³-hybridized carbons (Fsp3) is 0.381. The molecule has 0 spiro atoms. The maximum absolute atomic E-state index is 12.6. The molecule has 1 fully saturated rings. The number of carbonyl (C=O) groups is 2. The van der Waals surface area contributed by atoms with Gasteiger partial charge in [-0.05, 0) is 66.4 Å². The summed E-state index contributed by atoms with van der Waals surface area (Å²) in [4.78, 5) is 33.6. The number of amides is 2.